The number of rotatable bonds is 4. The van der Waals surface area contributed by atoms with E-state index in [0.717, 1.165) is 0 Å². The molecule has 1 heterocycles. The van der Waals surface area contributed by atoms with Crippen molar-refractivity contribution in [1.29, 1.82) is 0 Å². The molecule has 0 spiro atoms. The van der Waals surface area contributed by atoms with Gasteiger partial charge >= 0.3 is 0 Å². The van der Waals surface area contributed by atoms with Gasteiger partial charge in [-0.15, -0.1) is 0 Å². The number of anilines is 1. The van der Waals surface area contributed by atoms with Crippen LogP contribution in [0.15, 0.2) is 42.6 Å². The molecule has 1 N–H and O–H groups in total. The number of carbonyl (C=O) groups excluding carboxylic acids is 2. The van der Waals surface area contributed by atoms with Crippen molar-refractivity contribution in [3.05, 3.63) is 48.2 Å². The zero-order valence-corrected chi connectivity index (χ0v) is 11.2. The van der Waals surface area contributed by atoms with Crippen LogP contribution in [0.3, 0.4) is 0 Å². The quantitative estimate of drug-likeness (QED) is 0.867. The molecule has 5 nitrogen and oxygen atoms in total. The molecule has 2 aromatic rings. The van der Waals surface area contributed by atoms with E-state index in [1.807, 2.05) is 0 Å². The fourth-order valence-electron chi connectivity index (χ4n) is 1.65. The van der Waals surface area contributed by atoms with Gasteiger partial charge in [-0.3, -0.25) is 9.59 Å². The van der Waals surface area contributed by atoms with E-state index in [0.29, 0.717) is 22.9 Å². The van der Waals surface area contributed by atoms with Crippen LogP contribution in [-0.2, 0) is 4.79 Å². The first-order chi connectivity index (χ1) is 9.56. The summed E-state index contributed by atoms with van der Waals surface area (Å²) in [7, 11) is 0. The van der Waals surface area contributed by atoms with Crippen LogP contribution in [0.1, 0.15) is 24.2 Å². The van der Waals surface area contributed by atoms with Gasteiger partial charge in [0, 0.05) is 24.8 Å². The number of carbonyl (C=O) groups is 2. The fraction of sp³-hybridized carbons (Fsp3) is 0.133. The normalized spacial score (nSPS) is 9.90. The lowest BCUT2D eigenvalue weighted by atomic mass is 10.2. The molecule has 0 atom stereocenters. The van der Waals surface area contributed by atoms with E-state index >= 15 is 0 Å². The van der Waals surface area contributed by atoms with Crippen LogP contribution in [0.25, 0.3) is 0 Å². The Labute approximate surface area is 116 Å². The van der Waals surface area contributed by atoms with Crippen LogP contribution in [0.5, 0.6) is 11.6 Å². The van der Waals surface area contributed by atoms with Crippen molar-refractivity contribution < 1.29 is 14.3 Å². The summed E-state index contributed by atoms with van der Waals surface area (Å²) in [4.78, 5) is 26.5. The second-order valence-electron chi connectivity index (χ2n) is 4.22. The lowest BCUT2D eigenvalue weighted by Crippen LogP contribution is -2.07. The second kappa shape index (κ2) is 5.97. The van der Waals surface area contributed by atoms with Crippen molar-refractivity contribution in [2.24, 2.45) is 0 Å². The number of benzene rings is 1. The maximum atomic E-state index is 11.3. The summed E-state index contributed by atoms with van der Waals surface area (Å²) in [5.74, 6) is 0.519. The Bertz CT molecular complexity index is 653. The Kier molecular flexibility index (Phi) is 4.10. The van der Waals surface area contributed by atoms with E-state index in [1.54, 1.807) is 36.4 Å². The standard InChI is InChI=1S/C15H14N2O3/c1-10(18)12-7-8-16-15(9-12)20-14-6-4-3-5-13(14)17-11(2)19/h3-9H,1-2H3,(H,17,19). The lowest BCUT2D eigenvalue weighted by Gasteiger charge is -2.10. The van der Waals surface area contributed by atoms with Crippen LogP contribution < -0.4 is 10.1 Å². The maximum Gasteiger partial charge on any atom is 0.221 e. The van der Waals surface area contributed by atoms with Crippen LogP contribution >= 0.6 is 0 Å². The number of pyridine rings is 1. The van der Waals surface area contributed by atoms with E-state index in [-0.39, 0.29) is 11.7 Å². The summed E-state index contributed by atoms with van der Waals surface area (Å²) in [6.07, 6.45) is 1.51. The molecule has 0 saturated carbocycles. The largest absolute Gasteiger partial charge is 0.437 e. The smallest absolute Gasteiger partial charge is 0.221 e. The molecule has 2 rings (SSSR count). The van der Waals surface area contributed by atoms with Crippen molar-refractivity contribution >= 4 is 17.4 Å². The number of para-hydroxylation sites is 2. The molecular weight excluding hydrogens is 256 g/mol. The Hall–Kier alpha value is -2.69. The molecule has 0 fully saturated rings. The van der Waals surface area contributed by atoms with E-state index in [4.69, 9.17) is 4.74 Å². The van der Waals surface area contributed by atoms with E-state index in [9.17, 15) is 9.59 Å². The van der Waals surface area contributed by atoms with Crippen LogP contribution in [0.2, 0.25) is 0 Å². The summed E-state index contributed by atoms with van der Waals surface area (Å²) in [5.41, 5.74) is 1.07. The molecule has 0 unspecified atom stereocenters. The Morgan fingerprint density at radius 3 is 2.60 bits per heavy atom. The van der Waals surface area contributed by atoms with E-state index < -0.39 is 0 Å². The fourth-order valence-corrected chi connectivity index (χ4v) is 1.65. The zero-order chi connectivity index (χ0) is 14.5. The molecule has 0 radical (unpaired) electrons. The average molecular weight is 270 g/mol. The third kappa shape index (κ3) is 3.41. The number of ether oxygens (including phenoxy) is 1. The maximum absolute atomic E-state index is 11.3. The molecular formula is C15H14N2O3. The third-order valence-electron chi connectivity index (χ3n) is 2.55. The number of hydrogen-bond acceptors (Lipinski definition) is 4. The van der Waals surface area contributed by atoms with Gasteiger partial charge in [0.1, 0.15) is 0 Å². The highest BCUT2D eigenvalue weighted by molar-refractivity contribution is 5.94. The summed E-state index contributed by atoms with van der Waals surface area (Å²) in [6.45, 7) is 2.90. The van der Waals surface area contributed by atoms with Crippen molar-refractivity contribution in [2.45, 2.75) is 13.8 Å². The SMILES string of the molecule is CC(=O)Nc1ccccc1Oc1cc(C(C)=O)ccn1. The van der Waals surface area contributed by atoms with Gasteiger partial charge < -0.3 is 10.1 Å². The highest BCUT2D eigenvalue weighted by Gasteiger charge is 2.08. The molecule has 102 valence electrons. The minimum atomic E-state index is -0.188. The summed E-state index contributed by atoms with van der Waals surface area (Å²) in [6, 6.07) is 10.2. The zero-order valence-electron chi connectivity index (χ0n) is 11.2. The Morgan fingerprint density at radius 1 is 1.15 bits per heavy atom. The minimum Gasteiger partial charge on any atom is -0.437 e. The number of Topliss-reactive ketones (excluding diaryl/α,β-unsaturated/α-hetero) is 1. The minimum absolute atomic E-state index is 0.0626. The Balaban J connectivity index is 2.28. The Morgan fingerprint density at radius 2 is 1.90 bits per heavy atom. The summed E-state index contributed by atoms with van der Waals surface area (Å²) in [5, 5.41) is 2.67. The molecule has 0 aliphatic heterocycles. The second-order valence-corrected chi connectivity index (χ2v) is 4.22. The van der Waals surface area contributed by atoms with E-state index in [2.05, 4.69) is 10.3 Å². The molecule has 0 bridgehead atoms. The van der Waals surface area contributed by atoms with Crippen molar-refractivity contribution in [2.75, 3.05) is 5.32 Å². The number of amides is 1. The van der Waals surface area contributed by atoms with Crippen molar-refractivity contribution in [3.8, 4) is 11.6 Å². The van der Waals surface area contributed by atoms with Gasteiger partial charge in [0.05, 0.1) is 5.69 Å². The molecule has 1 aromatic carbocycles. The van der Waals surface area contributed by atoms with Gasteiger partial charge in [0.25, 0.3) is 0 Å². The first-order valence-electron chi connectivity index (χ1n) is 6.08. The van der Waals surface area contributed by atoms with E-state index in [1.165, 1.54) is 20.0 Å². The number of hydrogen-bond donors (Lipinski definition) is 1. The average Bonchev–Trinajstić information content (AvgIpc) is 2.41. The van der Waals surface area contributed by atoms with Crippen molar-refractivity contribution in [3.63, 3.8) is 0 Å². The molecule has 20 heavy (non-hydrogen) atoms. The monoisotopic (exact) mass is 270 g/mol. The predicted octanol–water partition coefficient (Wildman–Crippen LogP) is 3.03. The molecule has 1 aromatic heterocycles. The highest BCUT2D eigenvalue weighted by Crippen LogP contribution is 2.28. The number of nitrogens with zero attached hydrogens (tertiary/aromatic N) is 1. The van der Waals surface area contributed by atoms with Crippen LogP contribution in [0.4, 0.5) is 5.69 Å². The summed E-state index contributed by atoms with van der Waals surface area (Å²) >= 11 is 0. The topological polar surface area (TPSA) is 68.3 Å². The van der Waals surface area contributed by atoms with Gasteiger partial charge in [0.2, 0.25) is 11.8 Å². The van der Waals surface area contributed by atoms with Crippen LogP contribution in [0, 0.1) is 0 Å². The number of nitrogens with one attached hydrogen (secondary N) is 1. The molecule has 0 aliphatic rings. The first-order valence-corrected chi connectivity index (χ1v) is 6.08. The predicted molar refractivity (Wildman–Crippen MR) is 75.1 cm³/mol. The molecule has 5 heteroatoms. The van der Waals surface area contributed by atoms with Gasteiger partial charge in [-0.2, -0.15) is 0 Å². The number of ketones is 1. The summed E-state index contributed by atoms with van der Waals surface area (Å²) < 4.78 is 5.62. The third-order valence-corrected chi connectivity index (χ3v) is 2.55. The van der Waals surface area contributed by atoms with Gasteiger partial charge in [0.15, 0.2) is 11.5 Å². The van der Waals surface area contributed by atoms with Gasteiger partial charge in [-0.25, -0.2) is 4.98 Å². The van der Waals surface area contributed by atoms with Gasteiger partial charge in [-0.1, -0.05) is 12.1 Å². The molecule has 0 aliphatic carbocycles. The van der Waals surface area contributed by atoms with Gasteiger partial charge in [-0.05, 0) is 25.1 Å². The van der Waals surface area contributed by atoms with Crippen molar-refractivity contribution in [1.82, 2.24) is 4.98 Å². The lowest BCUT2D eigenvalue weighted by molar-refractivity contribution is -0.114. The first kappa shape index (κ1) is 13.7. The number of aromatic nitrogens is 1. The molecule has 0 saturated heterocycles. The molecule has 1 amide bonds. The highest BCUT2D eigenvalue weighted by atomic mass is 16.5. The van der Waals surface area contributed by atoms with Crippen LogP contribution in [-0.4, -0.2) is 16.7 Å².